The summed E-state index contributed by atoms with van der Waals surface area (Å²) in [6.45, 7) is -0.919. The van der Waals surface area contributed by atoms with Crippen molar-refractivity contribution in [1.82, 2.24) is 25.5 Å². The summed E-state index contributed by atoms with van der Waals surface area (Å²) in [5.74, 6) is -2.78. The Kier molecular flexibility index (Phi) is 8.01. The van der Waals surface area contributed by atoms with Gasteiger partial charge in [-0.25, -0.2) is 4.79 Å². The van der Waals surface area contributed by atoms with E-state index in [-0.39, 0.29) is 12.4 Å². The van der Waals surface area contributed by atoms with Crippen molar-refractivity contribution >= 4 is 23.5 Å². The number of hydrogen-bond acceptors (Lipinski definition) is 11. The quantitative estimate of drug-likeness (QED) is 0.188. The average Bonchev–Trinajstić information content (AvgIpc) is 2.70. The van der Waals surface area contributed by atoms with Gasteiger partial charge in [0.1, 0.15) is 24.1 Å². The van der Waals surface area contributed by atoms with E-state index in [9.17, 15) is 34.5 Å². The molecule has 1 aromatic heterocycles. The predicted molar refractivity (Wildman–Crippen MR) is 103 cm³/mol. The molecule has 0 spiro atoms. The molecule has 15 heteroatoms. The van der Waals surface area contributed by atoms with Crippen LogP contribution in [0.4, 0.5) is 5.82 Å². The van der Waals surface area contributed by atoms with Gasteiger partial charge in [-0.3, -0.25) is 19.0 Å². The zero-order chi connectivity index (χ0) is 23.3. The summed E-state index contributed by atoms with van der Waals surface area (Å²) in [5, 5.41) is 37.4. The van der Waals surface area contributed by atoms with E-state index in [2.05, 4.69) is 20.9 Å². The number of rotatable bonds is 8. The van der Waals surface area contributed by atoms with Gasteiger partial charge >= 0.3 is 5.69 Å². The Balaban J connectivity index is 2.24. The van der Waals surface area contributed by atoms with E-state index in [0.717, 1.165) is 10.8 Å². The lowest BCUT2D eigenvalue weighted by atomic mass is 9.94. The molecule has 1 saturated heterocycles. The first-order chi connectivity index (χ1) is 14.6. The first-order valence-electron chi connectivity index (χ1n) is 9.11. The van der Waals surface area contributed by atoms with Crippen LogP contribution < -0.4 is 33.1 Å². The van der Waals surface area contributed by atoms with Crippen molar-refractivity contribution in [3.05, 3.63) is 22.7 Å². The van der Waals surface area contributed by atoms with Crippen LogP contribution in [0.5, 0.6) is 0 Å². The van der Waals surface area contributed by atoms with Crippen LogP contribution in [0.25, 0.3) is 0 Å². The Labute approximate surface area is 175 Å². The summed E-state index contributed by atoms with van der Waals surface area (Å²) in [5.41, 5.74) is 9.81. The number of likely N-dealkylation sites (N-methyl/N-ethyl adjacent to an activating group) is 1. The SMILES string of the molecule is CNCC(=O)N[C@H](CO)C(=O)N[C@H]1[C@H](O)[C@@H](O)C(n2ccc(N)nc2=O)O[C@@H]1C(N)=O. The minimum atomic E-state index is -1.82. The standard InChI is InChI=1S/C16H25N7O8/c1-19-4-8(25)20-6(5-24)14(29)22-9-10(26)11(27)15(31-12(9)13(18)28)23-3-2-7(17)21-16(23)30/h2-3,6,9-12,15,19,24,26-27H,4-5H2,1H3,(H2,18,28)(H,20,25)(H,22,29)(H2,17,21,30)/t6-,9+,10+,11-,12+,15?/m1/s1. The molecule has 0 radical (unpaired) electrons. The molecule has 1 aromatic rings. The summed E-state index contributed by atoms with van der Waals surface area (Å²) in [7, 11) is 1.50. The van der Waals surface area contributed by atoms with Crippen molar-refractivity contribution in [2.75, 3.05) is 25.9 Å². The van der Waals surface area contributed by atoms with E-state index < -0.39 is 66.6 Å². The van der Waals surface area contributed by atoms with Crippen molar-refractivity contribution in [1.29, 1.82) is 0 Å². The minimum absolute atomic E-state index is 0.0981. The van der Waals surface area contributed by atoms with Gasteiger partial charge in [0.25, 0.3) is 0 Å². The Morgan fingerprint density at radius 2 is 2.00 bits per heavy atom. The molecule has 1 unspecified atom stereocenters. The van der Waals surface area contributed by atoms with Crippen LogP contribution >= 0.6 is 0 Å². The number of aliphatic hydroxyl groups excluding tert-OH is 3. The van der Waals surface area contributed by atoms with Gasteiger partial charge in [0.15, 0.2) is 12.3 Å². The fourth-order valence-corrected chi connectivity index (χ4v) is 3.00. The van der Waals surface area contributed by atoms with Gasteiger partial charge in [-0.15, -0.1) is 0 Å². The Morgan fingerprint density at radius 3 is 2.55 bits per heavy atom. The second kappa shape index (κ2) is 10.3. The van der Waals surface area contributed by atoms with E-state index in [1.165, 1.54) is 13.1 Å². The van der Waals surface area contributed by atoms with Gasteiger partial charge in [-0.1, -0.05) is 0 Å². The number of carbonyl (C=O) groups excluding carboxylic acids is 3. The maximum atomic E-state index is 12.5. The Morgan fingerprint density at radius 1 is 1.32 bits per heavy atom. The molecule has 0 saturated carbocycles. The maximum Gasteiger partial charge on any atom is 0.351 e. The molecule has 0 aromatic carbocycles. The smallest absolute Gasteiger partial charge is 0.351 e. The van der Waals surface area contributed by atoms with Crippen LogP contribution in [0, 0.1) is 0 Å². The van der Waals surface area contributed by atoms with E-state index >= 15 is 0 Å². The molecule has 10 N–H and O–H groups in total. The molecule has 31 heavy (non-hydrogen) atoms. The molecule has 3 amide bonds. The highest BCUT2D eigenvalue weighted by Crippen LogP contribution is 2.27. The first-order valence-corrected chi connectivity index (χ1v) is 9.11. The fourth-order valence-electron chi connectivity index (χ4n) is 3.00. The van der Waals surface area contributed by atoms with Crippen LogP contribution in [0.3, 0.4) is 0 Å². The maximum absolute atomic E-state index is 12.5. The normalized spacial score (nSPS) is 26.6. The summed E-state index contributed by atoms with van der Waals surface area (Å²) < 4.78 is 6.21. The number of nitrogens with two attached hydrogens (primary N) is 2. The van der Waals surface area contributed by atoms with E-state index in [1.54, 1.807) is 0 Å². The molecule has 6 atom stereocenters. The molecular formula is C16H25N7O8. The fraction of sp³-hybridized carbons (Fsp3) is 0.562. The zero-order valence-corrected chi connectivity index (χ0v) is 16.5. The second-order valence-electron chi connectivity index (χ2n) is 6.74. The molecule has 172 valence electrons. The minimum Gasteiger partial charge on any atom is -0.394 e. The third-order valence-electron chi connectivity index (χ3n) is 4.51. The number of primary amides is 1. The van der Waals surface area contributed by atoms with Crippen LogP contribution in [-0.4, -0.2) is 93.2 Å². The number of nitrogen functional groups attached to an aromatic ring is 1. The number of aromatic nitrogens is 2. The van der Waals surface area contributed by atoms with E-state index in [4.69, 9.17) is 16.2 Å². The molecule has 1 aliphatic rings. The zero-order valence-electron chi connectivity index (χ0n) is 16.5. The molecule has 0 aliphatic carbocycles. The summed E-state index contributed by atoms with van der Waals surface area (Å²) in [6, 6.07) is -1.74. The monoisotopic (exact) mass is 443 g/mol. The van der Waals surface area contributed by atoms with Crippen molar-refractivity contribution in [2.24, 2.45) is 5.73 Å². The van der Waals surface area contributed by atoms with Gasteiger partial charge in [0.2, 0.25) is 17.7 Å². The molecular weight excluding hydrogens is 418 g/mol. The molecule has 1 aliphatic heterocycles. The van der Waals surface area contributed by atoms with E-state index in [1.807, 2.05) is 0 Å². The van der Waals surface area contributed by atoms with Gasteiger partial charge in [0, 0.05) is 6.20 Å². The third-order valence-corrected chi connectivity index (χ3v) is 4.51. The number of amides is 3. The summed E-state index contributed by atoms with van der Waals surface area (Å²) in [4.78, 5) is 51.6. The van der Waals surface area contributed by atoms with Crippen molar-refractivity contribution in [3.63, 3.8) is 0 Å². The number of ether oxygens (including phenoxy) is 1. The third kappa shape index (κ3) is 5.53. The van der Waals surface area contributed by atoms with Crippen LogP contribution in [0.1, 0.15) is 6.23 Å². The topological polar surface area (TPSA) is 244 Å². The lowest BCUT2D eigenvalue weighted by Crippen LogP contribution is -2.67. The lowest BCUT2D eigenvalue weighted by Gasteiger charge is -2.42. The van der Waals surface area contributed by atoms with Crippen LogP contribution in [-0.2, 0) is 19.1 Å². The molecule has 2 heterocycles. The van der Waals surface area contributed by atoms with Crippen LogP contribution in [0.2, 0.25) is 0 Å². The number of carbonyl (C=O) groups is 3. The number of anilines is 1. The molecule has 15 nitrogen and oxygen atoms in total. The van der Waals surface area contributed by atoms with Gasteiger partial charge in [-0.2, -0.15) is 4.98 Å². The van der Waals surface area contributed by atoms with Crippen LogP contribution in [0.15, 0.2) is 17.1 Å². The Hall–Kier alpha value is -3.11. The lowest BCUT2D eigenvalue weighted by molar-refractivity contribution is -0.212. The number of hydrogen-bond donors (Lipinski definition) is 8. The van der Waals surface area contributed by atoms with Crippen molar-refractivity contribution in [3.8, 4) is 0 Å². The number of nitrogens with zero attached hydrogens (tertiary/aromatic N) is 2. The van der Waals surface area contributed by atoms with Gasteiger partial charge < -0.3 is 47.5 Å². The highest BCUT2D eigenvalue weighted by molar-refractivity contribution is 5.89. The second-order valence-corrected chi connectivity index (χ2v) is 6.74. The van der Waals surface area contributed by atoms with Gasteiger partial charge in [-0.05, 0) is 13.1 Å². The van der Waals surface area contributed by atoms with E-state index in [0.29, 0.717) is 0 Å². The highest BCUT2D eigenvalue weighted by Gasteiger charge is 2.49. The summed E-state index contributed by atoms with van der Waals surface area (Å²) >= 11 is 0. The number of nitrogens with one attached hydrogen (secondary N) is 3. The number of aliphatic hydroxyl groups is 3. The molecule has 2 rings (SSSR count). The Bertz CT molecular complexity index is 878. The van der Waals surface area contributed by atoms with Crippen molar-refractivity contribution < 1.29 is 34.4 Å². The summed E-state index contributed by atoms with van der Waals surface area (Å²) in [6.07, 6.45) is -5.72. The predicted octanol–water partition coefficient (Wildman–Crippen LogP) is -5.89. The highest BCUT2D eigenvalue weighted by atomic mass is 16.5. The molecule has 1 fully saturated rings. The largest absolute Gasteiger partial charge is 0.394 e. The van der Waals surface area contributed by atoms with Crippen molar-refractivity contribution in [2.45, 2.75) is 36.6 Å². The first kappa shape index (κ1) is 24.2. The molecule has 0 bridgehead atoms. The average molecular weight is 443 g/mol. The van der Waals surface area contributed by atoms with Gasteiger partial charge in [0.05, 0.1) is 19.2 Å².